The quantitative estimate of drug-likeness (QED) is 0.657. The maximum atomic E-state index is 11.4. The van der Waals surface area contributed by atoms with Crippen LogP contribution in [0.5, 0.6) is 0 Å². The van der Waals surface area contributed by atoms with Crippen LogP contribution in [-0.2, 0) is 4.74 Å². The number of aryl methyl sites for hydroxylation is 1. The number of ether oxygens (including phenoxy) is 1. The van der Waals surface area contributed by atoms with Gasteiger partial charge in [-0.3, -0.25) is 4.40 Å². The number of carbonyl (C=O) groups is 1. The standard InChI is InChI=1S/C13H11N3O3/c1-8-3-4-10(19-8)12-15-14-11-7-9(13(17)18-2)5-6-16(11)12/h3-7H,1-2H3. The largest absolute Gasteiger partial charge is 0.465 e. The summed E-state index contributed by atoms with van der Waals surface area (Å²) in [4.78, 5) is 11.4. The Balaban J connectivity index is 2.12. The molecule has 6 heteroatoms. The Morgan fingerprint density at radius 3 is 2.84 bits per heavy atom. The lowest BCUT2D eigenvalue weighted by molar-refractivity contribution is 0.0600. The zero-order valence-corrected chi connectivity index (χ0v) is 10.5. The van der Waals surface area contributed by atoms with Gasteiger partial charge >= 0.3 is 5.97 Å². The highest BCUT2D eigenvalue weighted by molar-refractivity contribution is 5.90. The molecule has 0 unspecified atom stereocenters. The minimum atomic E-state index is -0.402. The van der Waals surface area contributed by atoms with Crippen molar-refractivity contribution in [3.8, 4) is 11.6 Å². The molecular weight excluding hydrogens is 246 g/mol. The number of hydrogen-bond acceptors (Lipinski definition) is 5. The zero-order valence-electron chi connectivity index (χ0n) is 10.5. The molecule has 0 atom stereocenters. The molecule has 3 rings (SSSR count). The van der Waals surface area contributed by atoms with E-state index in [0.717, 1.165) is 5.76 Å². The summed E-state index contributed by atoms with van der Waals surface area (Å²) in [5, 5.41) is 8.10. The van der Waals surface area contributed by atoms with Crippen LogP contribution in [0.3, 0.4) is 0 Å². The number of esters is 1. The van der Waals surface area contributed by atoms with Crippen molar-refractivity contribution in [2.24, 2.45) is 0 Å². The first kappa shape index (κ1) is 11.5. The first-order chi connectivity index (χ1) is 9.19. The van der Waals surface area contributed by atoms with E-state index in [0.29, 0.717) is 22.8 Å². The lowest BCUT2D eigenvalue weighted by atomic mass is 10.2. The van der Waals surface area contributed by atoms with Gasteiger partial charge in [-0.05, 0) is 31.2 Å². The summed E-state index contributed by atoms with van der Waals surface area (Å²) in [6.07, 6.45) is 1.72. The Morgan fingerprint density at radius 1 is 1.32 bits per heavy atom. The van der Waals surface area contributed by atoms with Crippen molar-refractivity contribution in [2.75, 3.05) is 7.11 Å². The minimum absolute atomic E-state index is 0.402. The predicted molar refractivity (Wildman–Crippen MR) is 66.8 cm³/mol. The number of furan rings is 1. The van der Waals surface area contributed by atoms with Crippen LogP contribution in [0.1, 0.15) is 16.1 Å². The van der Waals surface area contributed by atoms with Crippen molar-refractivity contribution >= 4 is 11.6 Å². The van der Waals surface area contributed by atoms with Crippen molar-refractivity contribution in [1.82, 2.24) is 14.6 Å². The average Bonchev–Trinajstić information content (AvgIpc) is 3.02. The van der Waals surface area contributed by atoms with Gasteiger partial charge in [-0.25, -0.2) is 4.79 Å². The Hall–Kier alpha value is -2.63. The molecule has 6 nitrogen and oxygen atoms in total. The molecule has 0 aliphatic rings. The number of fused-ring (bicyclic) bond motifs is 1. The van der Waals surface area contributed by atoms with Crippen LogP contribution in [0.2, 0.25) is 0 Å². The molecule has 0 aliphatic heterocycles. The van der Waals surface area contributed by atoms with E-state index in [2.05, 4.69) is 14.9 Å². The van der Waals surface area contributed by atoms with Crippen LogP contribution in [0.4, 0.5) is 0 Å². The van der Waals surface area contributed by atoms with Crippen LogP contribution in [0.25, 0.3) is 17.2 Å². The van der Waals surface area contributed by atoms with Crippen molar-refractivity contribution in [1.29, 1.82) is 0 Å². The molecule has 0 aromatic carbocycles. The summed E-state index contributed by atoms with van der Waals surface area (Å²) >= 11 is 0. The molecule has 19 heavy (non-hydrogen) atoms. The topological polar surface area (TPSA) is 69.6 Å². The van der Waals surface area contributed by atoms with E-state index in [1.807, 2.05) is 19.1 Å². The number of hydrogen-bond donors (Lipinski definition) is 0. The van der Waals surface area contributed by atoms with Gasteiger partial charge < -0.3 is 9.15 Å². The van der Waals surface area contributed by atoms with E-state index >= 15 is 0 Å². The molecule has 0 saturated heterocycles. The zero-order chi connectivity index (χ0) is 13.4. The predicted octanol–water partition coefficient (Wildman–Crippen LogP) is 2.08. The number of nitrogens with zero attached hydrogens (tertiary/aromatic N) is 3. The average molecular weight is 257 g/mol. The maximum absolute atomic E-state index is 11.4. The van der Waals surface area contributed by atoms with Crippen molar-refractivity contribution in [3.63, 3.8) is 0 Å². The second kappa shape index (κ2) is 4.24. The molecule has 0 radical (unpaired) electrons. The monoisotopic (exact) mass is 257 g/mol. The smallest absolute Gasteiger partial charge is 0.338 e. The molecule has 0 spiro atoms. The van der Waals surface area contributed by atoms with Gasteiger partial charge in [0.2, 0.25) is 5.82 Å². The number of aromatic nitrogens is 3. The van der Waals surface area contributed by atoms with E-state index in [-0.39, 0.29) is 0 Å². The molecule has 3 heterocycles. The molecule has 0 N–H and O–H groups in total. The van der Waals surface area contributed by atoms with Gasteiger partial charge in [0.1, 0.15) is 5.76 Å². The van der Waals surface area contributed by atoms with Gasteiger partial charge in [-0.15, -0.1) is 10.2 Å². The fraction of sp³-hybridized carbons (Fsp3) is 0.154. The van der Waals surface area contributed by atoms with Gasteiger partial charge in [0, 0.05) is 6.20 Å². The molecule has 0 saturated carbocycles. The summed E-state index contributed by atoms with van der Waals surface area (Å²) in [5.74, 6) is 1.63. The van der Waals surface area contributed by atoms with Crippen molar-refractivity contribution in [3.05, 3.63) is 41.8 Å². The van der Waals surface area contributed by atoms with E-state index in [9.17, 15) is 4.79 Å². The molecule has 3 aromatic heterocycles. The number of rotatable bonds is 2. The highest BCUT2D eigenvalue weighted by Gasteiger charge is 2.13. The minimum Gasteiger partial charge on any atom is -0.465 e. The van der Waals surface area contributed by atoms with E-state index < -0.39 is 5.97 Å². The van der Waals surface area contributed by atoms with Crippen LogP contribution < -0.4 is 0 Å². The van der Waals surface area contributed by atoms with Gasteiger partial charge in [-0.2, -0.15) is 0 Å². The molecule has 96 valence electrons. The second-order valence-electron chi connectivity index (χ2n) is 4.07. The highest BCUT2D eigenvalue weighted by Crippen LogP contribution is 2.21. The fourth-order valence-electron chi connectivity index (χ4n) is 1.86. The summed E-state index contributed by atoms with van der Waals surface area (Å²) < 4.78 is 11.9. The Labute approximate surface area is 108 Å². The molecule has 0 fully saturated rings. The molecule has 0 bridgehead atoms. The molecular formula is C13H11N3O3. The number of methoxy groups -OCH3 is 1. The van der Waals surface area contributed by atoms with Crippen molar-refractivity contribution < 1.29 is 13.9 Å². The first-order valence-electron chi connectivity index (χ1n) is 5.69. The third-order valence-electron chi connectivity index (χ3n) is 2.79. The van der Waals surface area contributed by atoms with Crippen LogP contribution in [0.15, 0.2) is 34.9 Å². The van der Waals surface area contributed by atoms with Crippen LogP contribution in [-0.4, -0.2) is 27.7 Å². The van der Waals surface area contributed by atoms with Gasteiger partial charge in [0.25, 0.3) is 0 Å². The Kier molecular flexibility index (Phi) is 2.56. The van der Waals surface area contributed by atoms with E-state index in [1.165, 1.54) is 7.11 Å². The van der Waals surface area contributed by atoms with E-state index in [4.69, 9.17) is 4.42 Å². The molecule has 0 amide bonds. The Morgan fingerprint density at radius 2 is 2.16 bits per heavy atom. The second-order valence-corrected chi connectivity index (χ2v) is 4.07. The summed E-state index contributed by atoms with van der Waals surface area (Å²) in [6.45, 7) is 1.86. The number of pyridine rings is 1. The maximum Gasteiger partial charge on any atom is 0.338 e. The fourth-order valence-corrected chi connectivity index (χ4v) is 1.86. The summed E-state index contributed by atoms with van der Waals surface area (Å²) in [7, 11) is 1.34. The Bertz CT molecular complexity index is 757. The van der Waals surface area contributed by atoms with E-state index in [1.54, 1.807) is 22.7 Å². The number of carbonyl (C=O) groups excluding carboxylic acids is 1. The van der Waals surface area contributed by atoms with Crippen molar-refractivity contribution in [2.45, 2.75) is 6.92 Å². The highest BCUT2D eigenvalue weighted by atomic mass is 16.5. The van der Waals surface area contributed by atoms with Gasteiger partial charge in [0.05, 0.1) is 12.7 Å². The van der Waals surface area contributed by atoms with Gasteiger partial charge in [0.15, 0.2) is 11.4 Å². The van der Waals surface area contributed by atoms with Crippen LogP contribution >= 0.6 is 0 Å². The lowest BCUT2D eigenvalue weighted by Gasteiger charge is -2.00. The first-order valence-corrected chi connectivity index (χ1v) is 5.69. The third-order valence-corrected chi connectivity index (χ3v) is 2.79. The molecule has 0 aliphatic carbocycles. The lowest BCUT2D eigenvalue weighted by Crippen LogP contribution is -2.02. The van der Waals surface area contributed by atoms with Crippen LogP contribution in [0, 0.1) is 6.92 Å². The molecule has 3 aromatic rings. The third kappa shape index (κ3) is 1.87. The van der Waals surface area contributed by atoms with Gasteiger partial charge in [-0.1, -0.05) is 0 Å². The summed E-state index contributed by atoms with van der Waals surface area (Å²) in [6, 6.07) is 6.97. The summed E-state index contributed by atoms with van der Waals surface area (Å²) in [5.41, 5.74) is 0.997. The normalized spacial score (nSPS) is 10.8. The SMILES string of the molecule is COC(=O)c1ccn2c(-c3ccc(C)o3)nnc2c1.